The van der Waals surface area contributed by atoms with Gasteiger partial charge in [-0.1, -0.05) is 6.08 Å². The van der Waals surface area contributed by atoms with E-state index in [1.54, 1.807) is 0 Å². The van der Waals surface area contributed by atoms with Crippen LogP contribution in [-0.4, -0.2) is 16.2 Å². The third-order valence-electron chi connectivity index (χ3n) is 2.92. The van der Waals surface area contributed by atoms with Crippen molar-refractivity contribution in [3.63, 3.8) is 0 Å². The maximum atomic E-state index is 4.05. The van der Waals surface area contributed by atoms with E-state index in [0.29, 0.717) is 12.1 Å². The Balaban J connectivity index is 2.36. The number of hydrogen-bond acceptors (Lipinski definition) is 2. The summed E-state index contributed by atoms with van der Waals surface area (Å²) in [6.07, 6.45) is 7.38. The minimum absolute atomic E-state index is 0.359. The summed E-state index contributed by atoms with van der Waals surface area (Å²) in [5.41, 5.74) is 2.41. The van der Waals surface area contributed by atoms with Gasteiger partial charge in [-0.05, 0) is 40.0 Å². The Kier molecular flexibility index (Phi) is 5.26. The number of hydrogen-bond donors (Lipinski definition) is 2. The zero-order chi connectivity index (χ0) is 12.0. The predicted octanol–water partition coefficient (Wildman–Crippen LogP) is 3.11. The number of rotatable bonds is 7. The molecule has 3 heteroatoms. The second kappa shape index (κ2) is 6.48. The van der Waals surface area contributed by atoms with Crippen LogP contribution in [0.25, 0.3) is 0 Å². The number of nitrogens with one attached hydrogen (secondary N) is 2. The van der Waals surface area contributed by atoms with Gasteiger partial charge in [0, 0.05) is 23.3 Å². The van der Waals surface area contributed by atoms with Crippen LogP contribution in [0.2, 0.25) is 0 Å². The van der Waals surface area contributed by atoms with Crippen LogP contribution in [0.5, 0.6) is 0 Å². The molecule has 0 aliphatic rings. The third kappa shape index (κ3) is 3.81. The van der Waals surface area contributed by atoms with Crippen LogP contribution in [0, 0.1) is 6.92 Å². The second-order valence-corrected chi connectivity index (χ2v) is 4.46. The number of H-pyrrole nitrogens is 1. The molecule has 0 saturated heterocycles. The number of aryl methyl sites for hydroxylation is 1. The van der Waals surface area contributed by atoms with Gasteiger partial charge >= 0.3 is 0 Å². The summed E-state index contributed by atoms with van der Waals surface area (Å²) in [7, 11) is 0. The molecule has 0 aromatic carbocycles. The highest BCUT2D eigenvalue weighted by Crippen LogP contribution is 2.16. The highest BCUT2D eigenvalue weighted by molar-refractivity contribution is 5.18. The van der Waals surface area contributed by atoms with Crippen LogP contribution in [-0.2, 0) is 0 Å². The summed E-state index contributed by atoms with van der Waals surface area (Å²) in [6, 6.07) is 0.890. The van der Waals surface area contributed by atoms with Crippen molar-refractivity contribution in [3.8, 4) is 0 Å². The topological polar surface area (TPSA) is 40.7 Å². The van der Waals surface area contributed by atoms with Gasteiger partial charge in [-0.3, -0.25) is 5.10 Å². The summed E-state index contributed by atoms with van der Waals surface area (Å²) in [5.74, 6) is 0. The molecule has 0 fully saturated rings. The first-order valence-corrected chi connectivity index (χ1v) is 6.02. The van der Waals surface area contributed by atoms with E-state index in [1.165, 1.54) is 18.4 Å². The van der Waals surface area contributed by atoms with Crippen molar-refractivity contribution in [2.45, 2.75) is 52.1 Å². The molecule has 0 aliphatic carbocycles. The van der Waals surface area contributed by atoms with Gasteiger partial charge in [0.05, 0.1) is 6.20 Å². The molecule has 2 N–H and O–H groups in total. The van der Waals surface area contributed by atoms with Crippen molar-refractivity contribution < 1.29 is 0 Å². The standard InChI is InChI=1S/C13H23N3/c1-5-6-7-8-10(2)15-11(3)13-9-14-16-12(13)4/h5,9-11,15H,1,6-8H2,2-4H3,(H,14,16). The number of nitrogens with zero attached hydrogens (tertiary/aromatic N) is 1. The molecule has 2 atom stereocenters. The Morgan fingerprint density at radius 2 is 2.31 bits per heavy atom. The molecule has 1 aromatic heterocycles. The van der Waals surface area contributed by atoms with Gasteiger partial charge in [-0.15, -0.1) is 6.58 Å². The molecule has 2 unspecified atom stereocenters. The molecule has 3 nitrogen and oxygen atoms in total. The second-order valence-electron chi connectivity index (χ2n) is 4.46. The fraction of sp³-hybridized carbons (Fsp3) is 0.615. The van der Waals surface area contributed by atoms with E-state index >= 15 is 0 Å². The fourth-order valence-electron chi connectivity index (χ4n) is 1.96. The minimum atomic E-state index is 0.359. The van der Waals surface area contributed by atoms with Crippen LogP contribution in [0.15, 0.2) is 18.9 Å². The minimum Gasteiger partial charge on any atom is -0.308 e. The van der Waals surface area contributed by atoms with E-state index in [4.69, 9.17) is 0 Å². The Morgan fingerprint density at radius 1 is 1.56 bits per heavy atom. The number of aromatic nitrogens is 2. The molecule has 1 heterocycles. The van der Waals surface area contributed by atoms with Crippen molar-refractivity contribution in [2.24, 2.45) is 0 Å². The predicted molar refractivity (Wildman–Crippen MR) is 68.4 cm³/mol. The molecule has 0 bridgehead atoms. The number of unbranched alkanes of at least 4 members (excludes halogenated alkanes) is 1. The van der Waals surface area contributed by atoms with Gasteiger partial charge < -0.3 is 5.32 Å². The Labute approximate surface area is 98.3 Å². The Hall–Kier alpha value is -1.09. The van der Waals surface area contributed by atoms with Crippen molar-refractivity contribution in [2.75, 3.05) is 0 Å². The zero-order valence-electron chi connectivity index (χ0n) is 10.6. The van der Waals surface area contributed by atoms with E-state index in [0.717, 1.165) is 12.1 Å². The van der Waals surface area contributed by atoms with Gasteiger partial charge in [0.1, 0.15) is 0 Å². The first kappa shape index (κ1) is 13.0. The van der Waals surface area contributed by atoms with Gasteiger partial charge in [0.15, 0.2) is 0 Å². The maximum absolute atomic E-state index is 4.05. The quantitative estimate of drug-likeness (QED) is 0.548. The monoisotopic (exact) mass is 221 g/mol. The Bertz CT molecular complexity index is 317. The lowest BCUT2D eigenvalue weighted by molar-refractivity contribution is 0.447. The normalized spacial score (nSPS) is 14.7. The summed E-state index contributed by atoms with van der Waals surface area (Å²) >= 11 is 0. The van der Waals surface area contributed by atoms with E-state index in [2.05, 4.69) is 42.9 Å². The summed E-state index contributed by atoms with van der Waals surface area (Å²) < 4.78 is 0. The molecule has 0 aliphatic heterocycles. The molecular formula is C13H23N3. The maximum Gasteiger partial charge on any atom is 0.0537 e. The van der Waals surface area contributed by atoms with Gasteiger partial charge in [0.2, 0.25) is 0 Å². The van der Waals surface area contributed by atoms with Crippen LogP contribution >= 0.6 is 0 Å². The average Bonchev–Trinajstić information content (AvgIpc) is 2.65. The summed E-state index contributed by atoms with van der Waals surface area (Å²) in [6.45, 7) is 10.2. The lowest BCUT2D eigenvalue weighted by atomic mass is 10.1. The SMILES string of the molecule is C=CCCCC(C)NC(C)c1cn[nH]c1C. The lowest BCUT2D eigenvalue weighted by Crippen LogP contribution is -2.29. The molecule has 1 rings (SSSR count). The summed E-state index contributed by atoms with van der Waals surface area (Å²) in [5, 5.41) is 10.6. The molecule has 0 spiro atoms. The zero-order valence-corrected chi connectivity index (χ0v) is 10.6. The highest BCUT2D eigenvalue weighted by atomic mass is 15.1. The van der Waals surface area contributed by atoms with E-state index in [9.17, 15) is 0 Å². The van der Waals surface area contributed by atoms with Crippen molar-refractivity contribution in [3.05, 3.63) is 30.1 Å². The van der Waals surface area contributed by atoms with Gasteiger partial charge in [-0.25, -0.2) is 0 Å². The molecule has 0 amide bonds. The van der Waals surface area contributed by atoms with E-state index < -0.39 is 0 Å². The smallest absolute Gasteiger partial charge is 0.0537 e. The van der Waals surface area contributed by atoms with E-state index in [-0.39, 0.29) is 0 Å². The lowest BCUT2D eigenvalue weighted by Gasteiger charge is -2.19. The van der Waals surface area contributed by atoms with Crippen molar-refractivity contribution >= 4 is 0 Å². The number of aromatic amines is 1. The molecule has 16 heavy (non-hydrogen) atoms. The van der Waals surface area contributed by atoms with E-state index in [1.807, 2.05) is 12.3 Å². The third-order valence-corrected chi connectivity index (χ3v) is 2.92. The van der Waals surface area contributed by atoms with Crippen LogP contribution in [0.1, 0.15) is 50.4 Å². The molecule has 90 valence electrons. The summed E-state index contributed by atoms with van der Waals surface area (Å²) in [4.78, 5) is 0. The van der Waals surface area contributed by atoms with Crippen LogP contribution in [0.3, 0.4) is 0 Å². The fourth-order valence-corrected chi connectivity index (χ4v) is 1.96. The molecule has 0 radical (unpaired) electrons. The largest absolute Gasteiger partial charge is 0.308 e. The first-order chi connectivity index (χ1) is 7.65. The van der Waals surface area contributed by atoms with Crippen LogP contribution < -0.4 is 5.32 Å². The first-order valence-electron chi connectivity index (χ1n) is 6.02. The molecule has 1 aromatic rings. The van der Waals surface area contributed by atoms with Gasteiger partial charge in [-0.2, -0.15) is 5.10 Å². The molecule has 0 saturated carbocycles. The number of allylic oxidation sites excluding steroid dienone is 1. The van der Waals surface area contributed by atoms with Gasteiger partial charge in [0.25, 0.3) is 0 Å². The van der Waals surface area contributed by atoms with Crippen molar-refractivity contribution in [1.29, 1.82) is 0 Å². The Morgan fingerprint density at radius 3 is 2.88 bits per heavy atom. The van der Waals surface area contributed by atoms with Crippen molar-refractivity contribution in [1.82, 2.24) is 15.5 Å². The van der Waals surface area contributed by atoms with Crippen LogP contribution in [0.4, 0.5) is 0 Å². The highest BCUT2D eigenvalue weighted by Gasteiger charge is 2.12. The average molecular weight is 221 g/mol. The molecular weight excluding hydrogens is 198 g/mol.